The van der Waals surface area contributed by atoms with Crippen molar-refractivity contribution in [1.82, 2.24) is 14.5 Å². The Morgan fingerprint density at radius 3 is 2.31 bits per heavy atom. The molecule has 0 aliphatic rings. The number of nitrogens with zero attached hydrogens (tertiary/aromatic N) is 3. The minimum atomic E-state index is -3.75. The molecule has 36 heavy (non-hydrogen) atoms. The molecular formula is C30H23N3O2S. The van der Waals surface area contributed by atoms with Crippen molar-refractivity contribution >= 4 is 31.6 Å². The van der Waals surface area contributed by atoms with Crippen molar-refractivity contribution in [2.45, 2.75) is 23.8 Å². The molecule has 5 nitrogen and oxygen atoms in total. The van der Waals surface area contributed by atoms with Crippen molar-refractivity contribution in [3.63, 3.8) is 0 Å². The summed E-state index contributed by atoms with van der Waals surface area (Å²) >= 11 is 0. The summed E-state index contributed by atoms with van der Waals surface area (Å²) in [5.74, 6) is 0.848. The molecule has 0 N–H and O–H groups in total. The summed E-state index contributed by atoms with van der Waals surface area (Å²) in [7, 11) is -3.75. The highest BCUT2D eigenvalue weighted by molar-refractivity contribution is 7.91. The number of aryl methyl sites for hydroxylation is 2. The van der Waals surface area contributed by atoms with Gasteiger partial charge in [0.15, 0.2) is 5.03 Å². The Bertz CT molecular complexity index is 1890. The molecule has 176 valence electrons. The smallest absolute Gasteiger partial charge is 0.224 e. The average Bonchev–Trinajstić information content (AvgIpc) is 3.22. The minimum Gasteiger partial charge on any atom is -0.294 e. The predicted octanol–water partition coefficient (Wildman–Crippen LogP) is 6.69. The molecule has 3 aromatic carbocycles. The quantitative estimate of drug-likeness (QED) is 0.277. The van der Waals surface area contributed by atoms with Crippen LogP contribution < -0.4 is 0 Å². The second kappa shape index (κ2) is 8.43. The zero-order valence-corrected chi connectivity index (χ0v) is 20.7. The van der Waals surface area contributed by atoms with E-state index in [2.05, 4.69) is 51.8 Å². The molecule has 6 heteroatoms. The van der Waals surface area contributed by atoms with Gasteiger partial charge in [-0.05, 0) is 78.6 Å². The average molecular weight is 490 g/mol. The van der Waals surface area contributed by atoms with Gasteiger partial charge in [0, 0.05) is 23.2 Å². The number of fused-ring (bicyclic) bond motifs is 3. The molecule has 0 aliphatic heterocycles. The Kier molecular flexibility index (Phi) is 5.20. The molecule has 6 rings (SSSR count). The molecule has 0 unspecified atom stereocenters. The SMILES string of the molecule is Cc1ccnc(-n2c3ccccc3c3ccc(-c4cccc(S(=O)(=O)c5ncccc5C)c4)cc32)c1. The second-order valence-corrected chi connectivity index (χ2v) is 10.8. The lowest BCUT2D eigenvalue weighted by Gasteiger charge is -2.10. The van der Waals surface area contributed by atoms with Crippen molar-refractivity contribution in [3.8, 4) is 16.9 Å². The molecule has 0 saturated carbocycles. The summed E-state index contributed by atoms with van der Waals surface area (Å²) < 4.78 is 28.9. The minimum absolute atomic E-state index is 0.0863. The fourth-order valence-corrected chi connectivity index (χ4v) is 6.20. The Hall–Kier alpha value is -4.29. The number of pyridine rings is 2. The molecule has 0 radical (unpaired) electrons. The molecule has 3 aromatic heterocycles. The van der Waals surface area contributed by atoms with Crippen LogP contribution in [0, 0.1) is 13.8 Å². The van der Waals surface area contributed by atoms with Crippen molar-refractivity contribution < 1.29 is 8.42 Å². The highest BCUT2D eigenvalue weighted by Crippen LogP contribution is 2.35. The van der Waals surface area contributed by atoms with E-state index in [1.165, 1.54) is 6.20 Å². The number of para-hydroxylation sites is 1. The van der Waals surface area contributed by atoms with E-state index in [0.717, 1.165) is 44.3 Å². The van der Waals surface area contributed by atoms with E-state index in [1.807, 2.05) is 36.5 Å². The second-order valence-electron chi connectivity index (χ2n) is 8.93. The molecule has 0 spiro atoms. The van der Waals surface area contributed by atoms with E-state index in [-0.39, 0.29) is 9.92 Å². The van der Waals surface area contributed by atoms with Gasteiger partial charge in [0.05, 0.1) is 15.9 Å². The van der Waals surface area contributed by atoms with Gasteiger partial charge in [-0.25, -0.2) is 18.4 Å². The van der Waals surface area contributed by atoms with E-state index >= 15 is 0 Å². The van der Waals surface area contributed by atoms with Crippen LogP contribution in [0.2, 0.25) is 0 Å². The standard InChI is InChI=1S/C30H23N3O2S/c1-20-14-16-31-29(17-20)33-27-11-4-3-10-25(27)26-13-12-23(19-28(26)33)22-8-5-9-24(18-22)36(34,35)30-21(2)7-6-15-32-30/h3-19H,1-2H3. The molecule has 6 aromatic rings. The number of hydrogen-bond donors (Lipinski definition) is 0. The van der Waals surface area contributed by atoms with Gasteiger partial charge in [0.1, 0.15) is 5.82 Å². The summed E-state index contributed by atoms with van der Waals surface area (Å²) in [6, 6.07) is 29.2. The lowest BCUT2D eigenvalue weighted by molar-refractivity contribution is 0.591. The van der Waals surface area contributed by atoms with Crippen LogP contribution in [0.25, 0.3) is 38.8 Å². The summed E-state index contributed by atoms with van der Waals surface area (Å²) in [4.78, 5) is 9.02. The largest absolute Gasteiger partial charge is 0.294 e. The molecule has 0 saturated heterocycles. The lowest BCUT2D eigenvalue weighted by Crippen LogP contribution is -2.06. The first-order valence-corrected chi connectivity index (χ1v) is 13.2. The zero-order valence-electron chi connectivity index (χ0n) is 19.9. The fraction of sp³-hybridized carbons (Fsp3) is 0.0667. The van der Waals surface area contributed by atoms with Gasteiger partial charge >= 0.3 is 0 Å². The van der Waals surface area contributed by atoms with E-state index < -0.39 is 9.84 Å². The van der Waals surface area contributed by atoms with Crippen LogP contribution in [0.5, 0.6) is 0 Å². The van der Waals surface area contributed by atoms with Crippen LogP contribution in [0.1, 0.15) is 11.1 Å². The van der Waals surface area contributed by atoms with Crippen LogP contribution in [-0.4, -0.2) is 23.0 Å². The van der Waals surface area contributed by atoms with Crippen LogP contribution >= 0.6 is 0 Å². The van der Waals surface area contributed by atoms with Crippen LogP contribution in [-0.2, 0) is 9.84 Å². The maximum Gasteiger partial charge on any atom is 0.224 e. The van der Waals surface area contributed by atoms with E-state index in [1.54, 1.807) is 37.3 Å². The lowest BCUT2D eigenvalue weighted by atomic mass is 10.0. The third-order valence-electron chi connectivity index (χ3n) is 6.50. The summed E-state index contributed by atoms with van der Waals surface area (Å²) in [6.07, 6.45) is 3.33. The molecule has 0 amide bonds. The number of aromatic nitrogens is 3. The third-order valence-corrected chi connectivity index (χ3v) is 8.31. The third kappa shape index (κ3) is 3.58. The normalized spacial score (nSPS) is 11.8. The Labute approximate surface area is 209 Å². The summed E-state index contributed by atoms with van der Waals surface area (Å²) in [5, 5.41) is 2.35. The first-order valence-electron chi connectivity index (χ1n) is 11.7. The van der Waals surface area contributed by atoms with Gasteiger partial charge in [-0.2, -0.15) is 0 Å². The molecule has 0 atom stereocenters. The zero-order chi connectivity index (χ0) is 24.9. The van der Waals surface area contributed by atoms with Crippen molar-refractivity contribution in [1.29, 1.82) is 0 Å². The van der Waals surface area contributed by atoms with E-state index in [4.69, 9.17) is 0 Å². The van der Waals surface area contributed by atoms with E-state index in [9.17, 15) is 8.42 Å². The number of sulfone groups is 1. The summed E-state index contributed by atoms with van der Waals surface area (Å²) in [5.41, 5.74) is 5.59. The first-order chi connectivity index (χ1) is 17.4. The number of benzene rings is 3. The monoisotopic (exact) mass is 489 g/mol. The highest BCUT2D eigenvalue weighted by atomic mass is 32.2. The Morgan fingerprint density at radius 1 is 0.667 bits per heavy atom. The van der Waals surface area contributed by atoms with Crippen molar-refractivity contribution in [2.75, 3.05) is 0 Å². The maximum atomic E-state index is 13.4. The van der Waals surface area contributed by atoms with Crippen molar-refractivity contribution in [2.24, 2.45) is 0 Å². The van der Waals surface area contributed by atoms with Gasteiger partial charge < -0.3 is 0 Å². The summed E-state index contributed by atoms with van der Waals surface area (Å²) in [6.45, 7) is 3.82. The Balaban J connectivity index is 1.55. The van der Waals surface area contributed by atoms with Gasteiger partial charge in [0.2, 0.25) is 9.84 Å². The van der Waals surface area contributed by atoms with Gasteiger partial charge in [-0.15, -0.1) is 0 Å². The Morgan fingerprint density at radius 2 is 1.47 bits per heavy atom. The van der Waals surface area contributed by atoms with Crippen LogP contribution in [0.15, 0.2) is 113 Å². The maximum absolute atomic E-state index is 13.4. The van der Waals surface area contributed by atoms with Gasteiger partial charge in [-0.1, -0.05) is 48.5 Å². The van der Waals surface area contributed by atoms with Crippen LogP contribution in [0.3, 0.4) is 0 Å². The van der Waals surface area contributed by atoms with Crippen molar-refractivity contribution in [3.05, 3.63) is 115 Å². The first kappa shape index (κ1) is 22.2. The topological polar surface area (TPSA) is 64.8 Å². The van der Waals surface area contributed by atoms with Gasteiger partial charge in [-0.3, -0.25) is 4.57 Å². The molecule has 0 bridgehead atoms. The van der Waals surface area contributed by atoms with Crippen LogP contribution in [0.4, 0.5) is 0 Å². The molecule has 0 fully saturated rings. The molecule has 0 aliphatic carbocycles. The molecule has 3 heterocycles. The predicted molar refractivity (Wildman–Crippen MR) is 143 cm³/mol. The molecular weight excluding hydrogens is 466 g/mol. The number of hydrogen-bond acceptors (Lipinski definition) is 4. The highest BCUT2D eigenvalue weighted by Gasteiger charge is 2.22. The van der Waals surface area contributed by atoms with E-state index in [0.29, 0.717) is 5.56 Å². The number of rotatable bonds is 4. The fourth-order valence-electron chi connectivity index (χ4n) is 4.75. The van der Waals surface area contributed by atoms with Gasteiger partial charge in [0.25, 0.3) is 0 Å².